The Morgan fingerprint density at radius 1 is 1.29 bits per heavy atom. The van der Waals surface area contributed by atoms with Crippen molar-refractivity contribution in [2.75, 3.05) is 18.0 Å². The lowest BCUT2D eigenvalue weighted by molar-refractivity contribution is 0.295. The molecule has 0 amide bonds. The number of anilines is 1. The fraction of sp³-hybridized carbons (Fsp3) is 0.722. The predicted octanol–water partition coefficient (Wildman–Crippen LogP) is 3.76. The topological polar surface area (TPSA) is 28.2 Å². The van der Waals surface area contributed by atoms with Gasteiger partial charge in [-0.25, -0.2) is 4.98 Å². The first-order valence-electron chi connectivity index (χ1n) is 8.46. The lowest BCUT2D eigenvalue weighted by Gasteiger charge is -2.42. The Balaban J connectivity index is 2.11. The quantitative estimate of drug-likeness (QED) is 0.837. The van der Waals surface area contributed by atoms with E-state index in [4.69, 9.17) is 4.98 Å². The zero-order valence-electron chi connectivity index (χ0n) is 14.3. The average Bonchev–Trinajstić information content (AvgIpc) is 2.44. The molecule has 0 aliphatic carbocycles. The molecule has 0 bridgehead atoms. The maximum atomic E-state index is 4.88. The van der Waals surface area contributed by atoms with E-state index >= 15 is 0 Å². The maximum Gasteiger partial charge on any atom is 0.129 e. The number of aryl methyl sites for hydroxylation is 1. The fourth-order valence-electron chi connectivity index (χ4n) is 3.34. The summed E-state index contributed by atoms with van der Waals surface area (Å²) < 4.78 is 0. The van der Waals surface area contributed by atoms with Gasteiger partial charge in [0.15, 0.2) is 0 Å². The highest BCUT2D eigenvalue weighted by Crippen LogP contribution is 2.30. The maximum absolute atomic E-state index is 4.88. The molecule has 1 fully saturated rings. The minimum absolute atomic E-state index is 0.581. The lowest BCUT2D eigenvalue weighted by atomic mass is 9.86. The standard InChI is InChI=1S/C18H31N3/c1-6-9-19-11-17-7-8-18(20-15(17)4)21-12-13(2)10-14(3)16(21)5/h7-8,13-14,16,19H,6,9-12H2,1-5H3. The minimum Gasteiger partial charge on any atom is -0.353 e. The zero-order valence-corrected chi connectivity index (χ0v) is 14.3. The van der Waals surface area contributed by atoms with Crippen LogP contribution in [0, 0.1) is 18.8 Å². The van der Waals surface area contributed by atoms with Crippen LogP contribution in [0.3, 0.4) is 0 Å². The summed E-state index contributed by atoms with van der Waals surface area (Å²) in [5, 5.41) is 3.46. The van der Waals surface area contributed by atoms with Crippen LogP contribution in [0.15, 0.2) is 12.1 Å². The first kappa shape index (κ1) is 16.3. The number of nitrogens with zero attached hydrogens (tertiary/aromatic N) is 2. The van der Waals surface area contributed by atoms with E-state index in [1.807, 2.05) is 0 Å². The normalized spacial score (nSPS) is 26.1. The van der Waals surface area contributed by atoms with Gasteiger partial charge < -0.3 is 10.2 Å². The van der Waals surface area contributed by atoms with E-state index in [1.54, 1.807) is 0 Å². The Hall–Kier alpha value is -1.09. The second-order valence-electron chi connectivity index (χ2n) is 6.80. The summed E-state index contributed by atoms with van der Waals surface area (Å²) in [5.74, 6) is 2.64. The number of pyridine rings is 1. The molecule has 3 nitrogen and oxygen atoms in total. The van der Waals surface area contributed by atoms with Crippen molar-refractivity contribution in [3.8, 4) is 0 Å². The largest absolute Gasteiger partial charge is 0.353 e. The molecule has 0 spiro atoms. The summed E-state index contributed by atoms with van der Waals surface area (Å²) in [4.78, 5) is 7.38. The third kappa shape index (κ3) is 3.97. The Bertz CT molecular complexity index is 458. The minimum atomic E-state index is 0.581. The van der Waals surface area contributed by atoms with Crippen molar-refractivity contribution in [3.05, 3.63) is 23.4 Å². The molecule has 2 heterocycles. The highest BCUT2D eigenvalue weighted by molar-refractivity contribution is 5.43. The average molecular weight is 289 g/mol. The SMILES string of the molecule is CCCNCc1ccc(N2CC(C)CC(C)C2C)nc1C. The van der Waals surface area contributed by atoms with Gasteiger partial charge in [-0.1, -0.05) is 26.8 Å². The monoisotopic (exact) mass is 289 g/mol. The van der Waals surface area contributed by atoms with Crippen molar-refractivity contribution >= 4 is 5.82 Å². The van der Waals surface area contributed by atoms with Gasteiger partial charge in [0.1, 0.15) is 5.82 Å². The Kier molecular flexibility index (Phi) is 5.63. The van der Waals surface area contributed by atoms with Crippen molar-refractivity contribution in [1.82, 2.24) is 10.3 Å². The molecule has 0 aromatic carbocycles. The molecule has 3 unspecified atom stereocenters. The van der Waals surface area contributed by atoms with Crippen molar-refractivity contribution in [2.24, 2.45) is 11.8 Å². The number of rotatable bonds is 5. The highest BCUT2D eigenvalue weighted by atomic mass is 15.2. The summed E-state index contributed by atoms with van der Waals surface area (Å²) >= 11 is 0. The van der Waals surface area contributed by atoms with E-state index in [1.165, 1.54) is 18.4 Å². The van der Waals surface area contributed by atoms with E-state index in [9.17, 15) is 0 Å². The molecular weight excluding hydrogens is 258 g/mol. The van der Waals surface area contributed by atoms with E-state index < -0.39 is 0 Å². The second-order valence-corrected chi connectivity index (χ2v) is 6.80. The first-order chi connectivity index (χ1) is 10.0. The van der Waals surface area contributed by atoms with Gasteiger partial charge in [0.05, 0.1) is 0 Å². The molecule has 1 aromatic rings. The summed E-state index contributed by atoms with van der Waals surface area (Å²) in [5.41, 5.74) is 2.48. The summed E-state index contributed by atoms with van der Waals surface area (Å²) in [6.07, 6.45) is 2.50. The van der Waals surface area contributed by atoms with Crippen LogP contribution in [0.25, 0.3) is 0 Å². The van der Waals surface area contributed by atoms with Crippen molar-refractivity contribution in [1.29, 1.82) is 0 Å². The summed E-state index contributed by atoms with van der Waals surface area (Å²) in [6.45, 7) is 14.5. The molecule has 1 saturated heterocycles. The number of hydrogen-bond acceptors (Lipinski definition) is 3. The van der Waals surface area contributed by atoms with E-state index in [-0.39, 0.29) is 0 Å². The molecule has 21 heavy (non-hydrogen) atoms. The number of piperidine rings is 1. The van der Waals surface area contributed by atoms with Gasteiger partial charge in [0, 0.05) is 24.8 Å². The molecule has 2 rings (SSSR count). The highest BCUT2D eigenvalue weighted by Gasteiger charge is 2.29. The molecule has 3 heteroatoms. The van der Waals surface area contributed by atoms with Crippen LogP contribution >= 0.6 is 0 Å². The van der Waals surface area contributed by atoms with Crippen LogP contribution in [0.4, 0.5) is 5.82 Å². The number of nitrogens with one attached hydrogen (secondary N) is 1. The Labute approximate surface area is 130 Å². The molecule has 1 N–H and O–H groups in total. The van der Waals surface area contributed by atoms with Gasteiger partial charge in [0.25, 0.3) is 0 Å². The van der Waals surface area contributed by atoms with Gasteiger partial charge in [-0.15, -0.1) is 0 Å². The van der Waals surface area contributed by atoms with Crippen molar-refractivity contribution < 1.29 is 0 Å². The molecule has 1 aliphatic heterocycles. The first-order valence-corrected chi connectivity index (χ1v) is 8.46. The van der Waals surface area contributed by atoms with Gasteiger partial charge in [-0.3, -0.25) is 0 Å². The molecule has 0 radical (unpaired) electrons. The van der Waals surface area contributed by atoms with Crippen LogP contribution in [0.2, 0.25) is 0 Å². The van der Waals surface area contributed by atoms with Crippen LogP contribution in [-0.2, 0) is 6.54 Å². The van der Waals surface area contributed by atoms with Crippen molar-refractivity contribution in [3.63, 3.8) is 0 Å². The lowest BCUT2D eigenvalue weighted by Crippen LogP contribution is -2.46. The molecule has 1 aromatic heterocycles. The van der Waals surface area contributed by atoms with Crippen molar-refractivity contribution in [2.45, 2.75) is 60.0 Å². The Morgan fingerprint density at radius 3 is 2.71 bits per heavy atom. The number of aromatic nitrogens is 1. The Morgan fingerprint density at radius 2 is 2.05 bits per heavy atom. The summed E-state index contributed by atoms with van der Waals surface area (Å²) in [7, 11) is 0. The van der Waals surface area contributed by atoms with Gasteiger partial charge in [0.2, 0.25) is 0 Å². The van der Waals surface area contributed by atoms with Crippen LogP contribution < -0.4 is 10.2 Å². The van der Waals surface area contributed by atoms with E-state index in [0.29, 0.717) is 6.04 Å². The molecule has 3 atom stereocenters. The third-order valence-electron chi connectivity index (χ3n) is 4.81. The third-order valence-corrected chi connectivity index (χ3v) is 4.81. The van der Waals surface area contributed by atoms with Gasteiger partial charge in [-0.05, 0) is 56.7 Å². The fourth-order valence-corrected chi connectivity index (χ4v) is 3.34. The van der Waals surface area contributed by atoms with E-state index in [0.717, 1.165) is 43.0 Å². The number of hydrogen-bond donors (Lipinski definition) is 1. The van der Waals surface area contributed by atoms with Crippen LogP contribution in [0.1, 0.15) is 51.8 Å². The predicted molar refractivity (Wildman–Crippen MR) is 90.7 cm³/mol. The second kappa shape index (κ2) is 7.26. The molecule has 118 valence electrons. The zero-order chi connectivity index (χ0) is 15.4. The van der Waals surface area contributed by atoms with Crippen LogP contribution in [-0.4, -0.2) is 24.1 Å². The van der Waals surface area contributed by atoms with Gasteiger partial charge in [-0.2, -0.15) is 0 Å². The summed E-state index contributed by atoms with van der Waals surface area (Å²) in [6, 6.07) is 5.03. The smallest absolute Gasteiger partial charge is 0.129 e. The van der Waals surface area contributed by atoms with Crippen LogP contribution in [0.5, 0.6) is 0 Å². The van der Waals surface area contributed by atoms with Gasteiger partial charge >= 0.3 is 0 Å². The molecular formula is C18H31N3. The van der Waals surface area contributed by atoms with E-state index in [2.05, 4.69) is 57.0 Å². The molecule has 1 aliphatic rings. The molecule has 0 saturated carbocycles.